The smallest absolute Gasteiger partial charge is 0.161 e. The Bertz CT molecular complexity index is 1040. The van der Waals surface area contributed by atoms with Gasteiger partial charge in [-0.15, -0.1) is 0 Å². The number of aromatic nitrogens is 2. The normalized spacial score (nSPS) is 13.0. The molecule has 7 heteroatoms. The lowest BCUT2D eigenvalue weighted by atomic mass is 9.99. The molecule has 0 bridgehead atoms. The summed E-state index contributed by atoms with van der Waals surface area (Å²) in [6.07, 6.45) is 0.870. The number of hydrogen-bond acceptors (Lipinski definition) is 6. The SMILES string of the molecule is COc1cc2c(cc1OC)CN(c1cc(Nc3ccccc3F)nc(C)n1)CC2. The maximum Gasteiger partial charge on any atom is 0.161 e. The number of hydrogen-bond donors (Lipinski definition) is 1. The Morgan fingerprint density at radius 3 is 2.45 bits per heavy atom. The Morgan fingerprint density at radius 1 is 1.00 bits per heavy atom. The molecule has 0 unspecified atom stereocenters. The van der Waals surface area contributed by atoms with Crippen LogP contribution >= 0.6 is 0 Å². The van der Waals surface area contributed by atoms with E-state index in [0.29, 0.717) is 29.6 Å². The molecule has 1 aromatic heterocycles. The number of benzene rings is 2. The molecule has 1 aliphatic heterocycles. The molecule has 6 nitrogen and oxygen atoms in total. The Morgan fingerprint density at radius 2 is 1.72 bits per heavy atom. The number of para-hydroxylation sites is 1. The van der Waals surface area contributed by atoms with Gasteiger partial charge in [-0.2, -0.15) is 0 Å². The predicted octanol–water partition coefficient (Wildman–Crippen LogP) is 4.25. The standard InChI is InChI=1S/C22H23FN4O2/c1-14-24-21(26-18-7-5-4-6-17(18)23)12-22(25-14)27-9-8-15-10-19(28-2)20(29-3)11-16(15)13-27/h4-7,10-12H,8-9,13H2,1-3H3,(H,24,25,26). The molecular weight excluding hydrogens is 371 g/mol. The van der Waals surface area contributed by atoms with E-state index in [-0.39, 0.29) is 5.82 Å². The summed E-state index contributed by atoms with van der Waals surface area (Å²) in [5, 5.41) is 3.06. The minimum atomic E-state index is -0.321. The van der Waals surface area contributed by atoms with Crippen molar-refractivity contribution in [2.45, 2.75) is 19.9 Å². The third-order valence-corrected chi connectivity index (χ3v) is 5.00. The molecule has 3 aromatic rings. The highest BCUT2D eigenvalue weighted by atomic mass is 19.1. The molecule has 0 aliphatic carbocycles. The van der Waals surface area contributed by atoms with E-state index in [9.17, 15) is 4.39 Å². The van der Waals surface area contributed by atoms with Crippen molar-refractivity contribution in [3.63, 3.8) is 0 Å². The zero-order valence-electron chi connectivity index (χ0n) is 16.7. The molecule has 29 heavy (non-hydrogen) atoms. The molecule has 2 aromatic carbocycles. The molecular formula is C22H23FN4O2. The largest absolute Gasteiger partial charge is 0.493 e. The van der Waals surface area contributed by atoms with Crippen LogP contribution in [0.5, 0.6) is 11.5 Å². The molecule has 0 saturated carbocycles. The average Bonchev–Trinajstić information content (AvgIpc) is 2.73. The van der Waals surface area contributed by atoms with Gasteiger partial charge in [0.05, 0.1) is 19.9 Å². The van der Waals surface area contributed by atoms with Gasteiger partial charge in [0.1, 0.15) is 23.3 Å². The molecule has 0 amide bonds. The molecule has 1 aliphatic rings. The molecule has 0 spiro atoms. The summed E-state index contributed by atoms with van der Waals surface area (Å²) >= 11 is 0. The van der Waals surface area contributed by atoms with Crippen LogP contribution in [-0.4, -0.2) is 30.7 Å². The first-order valence-corrected chi connectivity index (χ1v) is 9.43. The van der Waals surface area contributed by atoms with Crippen LogP contribution in [0.1, 0.15) is 17.0 Å². The van der Waals surface area contributed by atoms with Gasteiger partial charge < -0.3 is 19.7 Å². The van der Waals surface area contributed by atoms with Crippen molar-refractivity contribution in [3.05, 3.63) is 65.2 Å². The van der Waals surface area contributed by atoms with Crippen molar-refractivity contribution in [1.29, 1.82) is 0 Å². The highest BCUT2D eigenvalue weighted by Gasteiger charge is 2.21. The van der Waals surface area contributed by atoms with Gasteiger partial charge in [0.25, 0.3) is 0 Å². The van der Waals surface area contributed by atoms with E-state index in [4.69, 9.17) is 9.47 Å². The maximum absolute atomic E-state index is 14.0. The minimum absolute atomic E-state index is 0.321. The van der Waals surface area contributed by atoms with Gasteiger partial charge in [-0.3, -0.25) is 0 Å². The summed E-state index contributed by atoms with van der Waals surface area (Å²) in [5.74, 6) is 3.13. The van der Waals surface area contributed by atoms with Crippen molar-refractivity contribution in [3.8, 4) is 11.5 Å². The van der Waals surface area contributed by atoms with Crippen molar-refractivity contribution >= 4 is 17.3 Å². The van der Waals surface area contributed by atoms with Gasteiger partial charge in [0.15, 0.2) is 11.5 Å². The van der Waals surface area contributed by atoms with E-state index in [1.54, 1.807) is 32.4 Å². The number of nitrogens with zero attached hydrogens (tertiary/aromatic N) is 3. The molecule has 0 radical (unpaired) electrons. The summed E-state index contributed by atoms with van der Waals surface area (Å²) in [7, 11) is 3.28. The number of rotatable bonds is 5. The van der Waals surface area contributed by atoms with Crippen LogP contribution in [0.3, 0.4) is 0 Å². The van der Waals surface area contributed by atoms with Gasteiger partial charge in [0.2, 0.25) is 0 Å². The van der Waals surface area contributed by atoms with E-state index in [1.807, 2.05) is 25.1 Å². The fraction of sp³-hybridized carbons (Fsp3) is 0.273. The fourth-order valence-corrected chi connectivity index (χ4v) is 3.56. The first kappa shape index (κ1) is 19.0. The molecule has 1 N–H and O–H groups in total. The quantitative estimate of drug-likeness (QED) is 0.698. The Labute approximate surface area is 169 Å². The Balaban J connectivity index is 1.61. The third-order valence-electron chi connectivity index (χ3n) is 5.00. The van der Waals surface area contributed by atoms with Gasteiger partial charge in [-0.25, -0.2) is 14.4 Å². The molecule has 4 rings (SSSR count). The molecule has 0 saturated heterocycles. The van der Waals surface area contributed by atoms with E-state index in [0.717, 1.165) is 24.5 Å². The Hall–Kier alpha value is -3.35. The third kappa shape index (κ3) is 3.94. The second-order valence-electron chi connectivity index (χ2n) is 6.91. The van der Waals surface area contributed by atoms with Crippen LogP contribution in [0.2, 0.25) is 0 Å². The summed E-state index contributed by atoms with van der Waals surface area (Å²) in [4.78, 5) is 11.2. The topological polar surface area (TPSA) is 59.5 Å². The van der Waals surface area contributed by atoms with Crippen LogP contribution in [0, 0.1) is 12.7 Å². The van der Waals surface area contributed by atoms with Gasteiger partial charge in [0, 0.05) is 19.2 Å². The number of halogens is 1. The van der Waals surface area contributed by atoms with Crippen LogP contribution in [0.25, 0.3) is 0 Å². The highest BCUT2D eigenvalue weighted by Crippen LogP contribution is 2.34. The second-order valence-corrected chi connectivity index (χ2v) is 6.91. The number of aryl methyl sites for hydroxylation is 1. The van der Waals surface area contributed by atoms with Crippen molar-refractivity contribution in [1.82, 2.24) is 9.97 Å². The number of anilines is 3. The second kappa shape index (κ2) is 7.95. The highest BCUT2D eigenvalue weighted by molar-refractivity contribution is 5.61. The number of nitrogens with one attached hydrogen (secondary N) is 1. The average molecular weight is 394 g/mol. The zero-order valence-corrected chi connectivity index (χ0v) is 16.7. The van der Waals surface area contributed by atoms with Crippen LogP contribution in [0.15, 0.2) is 42.5 Å². The van der Waals surface area contributed by atoms with Gasteiger partial charge >= 0.3 is 0 Å². The lowest BCUT2D eigenvalue weighted by Crippen LogP contribution is -2.31. The summed E-state index contributed by atoms with van der Waals surface area (Å²) in [5.41, 5.74) is 2.81. The summed E-state index contributed by atoms with van der Waals surface area (Å²) in [6, 6.07) is 12.5. The number of ether oxygens (including phenoxy) is 2. The van der Waals surface area contributed by atoms with Crippen LogP contribution in [0.4, 0.5) is 21.7 Å². The predicted molar refractivity (Wildman–Crippen MR) is 111 cm³/mol. The number of methoxy groups -OCH3 is 2. The van der Waals surface area contributed by atoms with E-state index < -0.39 is 0 Å². The first-order chi connectivity index (χ1) is 14.1. The van der Waals surface area contributed by atoms with Crippen LogP contribution in [-0.2, 0) is 13.0 Å². The van der Waals surface area contributed by atoms with E-state index >= 15 is 0 Å². The van der Waals surface area contributed by atoms with Gasteiger partial charge in [-0.1, -0.05) is 12.1 Å². The first-order valence-electron chi connectivity index (χ1n) is 9.43. The summed E-state index contributed by atoms with van der Waals surface area (Å²) < 4.78 is 24.8. The molecule has 0 fully saturated rings. The van der Waals surface area contributed by atoms with E-state index in [1.165, 1.54) is 17.2 Å². The monoisotopic (exact) mass is 394 g/mol. The number of fused-ring (bicyclic) bond motifs is 1. The van der Waals surface area contributed by atoms with Gasteiger partial charge in [-0.05, 0) is 48.7 Å². The summed E-state index contributed by atoms with van der Waals surface area (Å²) in [6.45, 7) is 3.35. The minimum Gasteiger partial charge on any atom is -0.493 e. The zero-order chi connectivity index (χ0) is 20.4. The molecule has 0 atom stereocenters. The lowest BCUT2D eigenvalue weighted by molar-refractivity contribution is 0.353. The Kier molecular flexibility index (Phi) is 5.20. The van der Waals surface area contributed by atoms with Crippen molar-refractivity contribution < 1.29 is 13.9 Å². The lowest BCUT2D eigenvalue weighted by Gasteiger charge is -2.30. The molecule has 150 valence electrons. The van der Waals surface area contributed by atoms with Crippen molar-refractivity contribution in [2.24, 2.45) is 0 Å². The fourth-order valence-electron chi connectivity index (χ4n) is 3.56. The molecule has 2 heterocycles. The van der Waals surface area contributed by atoms with Crippen LogP contribution < -0.4 is 19.7 Å². The maximum atomic E-state index is 14.0. The van der Waals surface area contributed by atoms with E-state index in [2.05, 4.69) is 20.2 Å². The van der Waals surface area contributed by atoms with Crippen molar-refractivity contribution in [2.75, 3.05) is 31.0 Å².